The lowest BCUT2D eigenvalue weighted by atomic mass is 9.83. The average molecular weight is 378 g/mol. The molecule has 0 saturated carbocycles. The van der Waals surface area contributed by atoms with Gasteiger partial charge in [-0.3, -0.25) is 9.69 Å². The second-order valence-corrected chi connectivity index (χ2v) is 7.85. The molecule has 146 valence electrons. The molecule has 2 fully saturated rings. The Kier molecular flexibility index (Phi) is 5.44. The van der Waals surface area contributed by atoms with Crippen LogP contribution in [0.15, 0.2) is 54.6 Å². The molecule has 1 amide bonds. The molecule has 0 spiro atoms. The highest BCUT2D eigenvalue weighted by molar-refractivity contribution is 5.97. The number of benzene rings is 2. The first-order valence-electron chi connectivity index (χ1n) is 10.0. The van der Waals surface area contributed by atoms with E-state index in [2.05, 4.69) is 29.2 Å². The van der Waals surface area contributed by atoms with E-state index in [1.807, 2.05) is 11.0 Å². The van der Waals surface area contributed by atoms with Crippen LogP contribution < -0.4 is 0 Å². The van der Waals surface area contributed by atoms with Crippen LogP contribution in [0.5, 0.6) is 0 Å². The number of carboxylic acids is 1. The Hall–Kier alpha value is -2.66. The number of amides is 1. The lowest BCUT2D eigenvalue weighted by molar-refractivity contribution is 0.0175. The van der Waals surface area contributed by atoms with Crippen LogP contribution in [0.1, 0.15) is 45.5 Å². The highest BCUT2D eigenvalue weighted by Gasteiger charge is 2.37. The molecule has 4 rings (SSSR count). The molecule has 2 aliphatic heterocycles. The SMILES string of the molecule is O=C(O)c1cccc(C(=O)N2CCC3C(CCCN3Cc3ccccc3)C2)c1. The minimum Gasteiger partial charge on any atom is -0.478 e. The van der Waals surface area contributed by atoms with E-state index in [9.17, 15) is 14.7 Å². The molecule has 2 aromatic rings. The maximum Gasteiger partial charge on any atom is 0.335 e. The summed E-state index contributed by atoms with van der Waals surface area (Å²) >= 11 is 0. The Morgan fingerprint density at radius 1 is 0.964 bits per heavy atom. The van der Waals surface area contributed by atoms with Gasteiger partial charge >= 0.3 is 5.97 Å². The van der Waals surface area contributed by atoms with Gasteiger partial charge in [0.05, 0.1) is 5.56 Å². The number of nitrogens with zero attached hydrogens (tertiary/aromatic N) is 2. The Morgan fingerprint density at radius 3 is 2.54 bits per heavy atom. The van der Waals surface area contributed by atoms with Crippen molar-refractivity contribution in [2.75, 3.05) is 19.6 Å². The summed E-state index contributed by atoms with van der Waals surface area (Å²) in [6, 6.07) is 17.5. The number of carbonyl (C=O) groups is 2. The van der Waals surface area contributed by atoms with E-state index >= 15 is 0 Å². The fourth-order valence-corrected chi connectivity index (χ4v) is 4.67. The fraction of sp³-hybridized carbons (Fsp3) is 0.391. The van der Waals surface area contributed by atoms with Crippen LogP contribution in [0.25, 0.3) is 0 Å². The van der Waals surface area contributed by atoms with Crippen LogP contribution in [0.3, 0.4) is 0 Å². The molecular weight excluding hydrogens is 352 g/mol. The largest absolute Gasteiger partial charge is 0.478 e. The van der Waals surface area contributed by atoms with Crippen molar-refractivity contribution in [1.82, 2.24) is 9.80 Å². The van der Waals surface area contributed by atoms with Gasteiger partial charge in [0.25, 0.3) is 5.91 Å². The molecule has 28 heavy (non-hydrogen) atoms. The van der Waals surface area contributed by atoms with E-state index in [-0.39, 0.29) is 11.5 Å². The van der Waals surface area contributed by atoms with E-state index in [1.165, 1.54) is 17.7 Å². The van der Waals surface area contributed by atoms with Gasteiger partial charge in [0.1, 0.15) is 0 Å². The quantitative estimate of drug-likeness (QED) is 0.884. The van der Waals surface area contributed by atoms with Gasteiger partial charge in [-0.1, -0.05) is 36.4 Å². The Labute approximate surface area is 165 Å². The molecule has 5 nitrogen and oxygen atoms in total. The van der Waals surface area contributed by atoms with Crippen LogP contribution in [0.2, 0.25) is 0 Å². The molecular formula is C23H26N2O3. The fourth-order valence-electron chi connectivity index (χ4n) is 4.67. The van der Waals surface area contributed by atoms with Gasteiger partial charge in [0.2, 0.25) is 0 Å². The minimum atomic E-state index is -1.00. The van der Waals surface area contributed by atoms with Crippen LogP contribution in [0.4, 0.5) is 0 Å². The normalized spacial score (nSPS) is 22.5. The van der Waals surface area contributed by atoms with Crippen molar-refractivity contribution in [2.24, 2.45) is 5.92 Å². The molecule has 2 aromatic carbocycles. The third-order valence-corrected chi connectivity index (χ3v) is 6.06. The summed E-state index contributed by atoms with van der Waals surface area (Å²) in [4.78, 5) is 28.6. The smallest absolute Gasteiger partial charge is 0.335 e. The second-order valence-electron chi connectivity index (χ2n) is 7.85. The van der Waals surface area contributed by atoms with Crippen LogP contribution in [-0.2, 0) is 6.54 Å². The zero-order valence-electron chi connectivity index (χ0n) is 16.0. The summed E-state index contributed by atoms with van der Waals surface area (Å²) < 4.78 is 0. The maximum atomic E-state index is 12.9. The van der Waals surface area contributed by atoms with Gasteiger partial charge < -0.3 is 10.0 Å². The standard InChI is InChI=1S/C23H26N2O3/c26-22(18-8-4-9-19(14-18)23(27)28)25-13-11-21-20(16-25)10-5-12-24(21)15-17-6-2-1-3-7-17/h1-4,6-9,14,20-21H,5,10-13,15-16H2,(H,27,28). The van der Waals surface area contributed by atoms with Crippen molar-refractivity contribution >= 4 is 11.9 Å². The topological polar surface area (TPSA) is 60.9 Å². The van der Waals surface area contributed by atoms with Gasteiger partial charge in [-0.25, -0.2) is 4.79 Å². The molecule has 2 atom stereocenters. The molecule has 2 saturated heterocycles. The van der Waals surface area contributed by atoms with Crippen molar-refractivity contribution < 1.29 is 14.7 Å². The number of carbonyl (C=O) groups excluding carboxylic acids is 1. The number of rotatable bonds is 4. The minimum absolute atomic E-state index is 0.0540. The monoisotopic (exact) mass is 378 g/mol. The summed E-state index contributed by atoms with van der Waals surface area (Å²) in [5, 5.41) is 9.18. The van der Waals surface area contributed by atoms with Crippen LogP contribution >= 0.6 is 0 Å². The number of piperidine rings is 2. The Morgan fingerprint density at radius 2 is 1.75 bits per heavy atom. The van der Waals surface area contributed by atoms with Crippen molar-refractivity contribution in [2.45, 2.75) is 31.8 Å². The van der Waals surface area contributed by atoms with E-state index in [1.54, 1.807) is 12.1 Å². The van der Waals surface area contributed by atoms with Gasteiger partial charge in [0, 0.05) is 31.2 Å². The summed E-state index contributed by atoms with van der Waals surface area (Å²) in [6.07, 6.45) is 3.28. The number of hydrogen-bond donors (Lipinski definition) is 1. The number of hydrogen-bond acceptors (Lipinski definition) is 3. The van der Waals surface area contributed by atoms with E-state index in [0.717, 1.165) is 45.4 Å². The zero-order chi connectivity index (χ0) is 19.5. The maximum absolute atomic E-state index is 12.9. The molecule has 2 aliphatic rings. The predicted octanol–water partition coefficient (Wildman–Crippen LogP) is 3.51. The van der Waals surface area contributed by atoms with Crippen molar-refractivity contribution in [1.29, 1.82) is 0 Å². The van der Waals surface area contributed by atoms with Crippen LogP contribution in [0, 0.1) is 5.92 Å². The van der Waals surface area contributed by atoms with E-state index < -0.39 is 5.97 Å². The molecule has 2 unspecified atom stereocenters. The van der Waals surface area contributed by atoms with Crippen molar-refractivity contribution in [3.8, 4) is 0 Å². The molecule has 0 bridgehead atoms. The summed E-state index contributed by atoms with van der Waals surface area (Å²) in [7, 11) is 0. The predicted molar refractivity (Wildman–Crippen MR) is 107 cm³/mol. The third-order valence-electron chi connectivity index (χ3n) is 6.06. The van der Waals surface area contributed by atoms with Crippen molar-refractivity contribution in [3.63, 3.8) is 0 Å². The van der Waals surface area contributed by atoms with Gasteiger partial charge in [-0.2, -0.15) is 0 Å². The van der Waals surface area contributed by atoms with E-state index in [4.69, 9.17) is 0 Å². The lowest BCUT2D eigenvalue weighted by Crippen LogP contribution is -2.54. The van der Waals surface area contributed by atoms with Gasteiger partial charge in [-0.15, -0.1) is 0 Å². The first-order chi connectivity index (χ1) is 13.6. The molecule has 2 heterocycles. The highest BCUT2D eigenvalue weighted by atomic mass is 16.4. The second kappa shape index (κ2) is 8.15. The number of aromatic carboxylic acids is 1. The first-order valence-corrected chi connectivity index (χ1v) is 10.0. The summed E-state index contributed by atoms with van der Waals surface area (Å²) in [6.45, 7) is 3.57. The van der Waals surface area contributed by atoms with Crippen LogP contribution in [-0.4, -0.2) is 52.5 Å². The molecule has 1 N–H and O–H groups in total. The Balaban J connectivity index is 1.44. The highest BCUT2D eigenvalue weighted by Crippen LogP contribution is 2.32. The summed E-state index contributed by atoms with van der Waals surface area (Å²) in [5.74, 6) is -0.572. The number of carboxylic acid groups (broad SMARTS) is 1. The first kappa shape index (κ1) is 18.7. The van der Waals surface area contributed by atoms with E-state index in [0.29, 0.717) is 17.5 Å². The van der Waals surface area contributed by atoms with Crippen molar-refractivity contribution in [3.05, 3.63) is 71.3 Å². The molecule has 0 radical (unpaired) electrons. The number of likely N-dealkylation sites (tertiary alicyclic amines) is 2. The van der Waals surface area contributed by atoms with Gasteiger partial charge in [-0.05, 0) is 55.5 Å². The lowest BCUT2D eigenvalue weighted by Gasteiger charge is -2.47. The third kappa shape index (κ3) is 3.94. The molecule has 0 aliphatic carbocycles. The number of fused-ring (bicyclic) bond motifs is 1. The zero-order valence-corrected chi connectivity index (χ0v) is 16.0. The average Bonchev–Trinajstić information content (AvgIpc) is 2.74. The Bertz CT molecular complexity index is 852. The van der Waals surface area contributed by atoms with Gasteiger partial charge in [0.15, 0.2) is 0 Å². The molecule has 5 heteroatoms. The molecule has 0 aromatic heterocycles. The summed E-state index contributed by atoms with van der Waals surface area (Å²) in [5.41, 5.74) is 1.97.